The molecule has 98 valence electrons. The van der Waals surface area contributed by atoms with Crippen molar-refractivity contribution >= 4 is 5.91 Å². The van der Waals surface area contributed by atoms with E-state index in [1.807, 2.05) is 0 Å². The van der Waals surface area contributed by atoms with Crippen molar-refractivity contribution in [1.82, 2.24) is 4.90 Å². The smallest absolute Gasteiger partial charge is 0.226 e. The van der Waals surface area contributed by atoms with Crippen LogP contribution in [0.25, 0.3) is 0 Å². The molecule has 0 aromatic heterocycles. The van der Waals surface area contributed by atoms with Crippen LogP contribution in [0, 0.1) is 23.2 Å². The van der Waals surface area contributed by atoms with E-state index in [2.05, 4.69) is 46.4 Å². The van der Waals surface area contributed by atoms with Crippen molar-refractivity contribution < 1.29 is 4.79 Å². The zero-order valence-electron chi connectivity index (χ0n) is 12.2. The highest BCUT2D eigenvalue weighted by molar-refractivity contribution is 5.80. The summed E-state index contributed by atoms with van der Waals surface area (Å²) in [5, 5.41) is 0. The summed E-state index contributed by atoms with van der Waals surface area (Å²) < 4.78 is 0. The van der Waals surface area contributed by atoms with Gasteiger partial charge in [0.05, 0.1) is 0 Å². The van der Waals surface area contributed by atoms with E-state index in [9.17, 15) is 4.79 Å². The molecule has 1 amide bonds. The standard InChI is InChI=1S/C15H27NO/c1-9(2)10(3)14(17)16-12-7-11(12)8-13(16)15(4,5)6/h9-13H,7-8H2,1-6H3/t10-,11-,12-,13-/m0/s1. The molecule has 4 atom stereocenters. The molecule has 2 aliphatic rings. The summed E-state index contributed by atoms with van der Waals surface area (Å²) in [7, 11) is 0. The zero-order chi connectivity index (χ0) is 13.0. The lowest BCUT2D eigenvalue weighted by Crippen LogP contribution is -2.48. The van der Waals surface area contributed by atoms with Crippen molar-refractivity contribution in [1.29, 1.82) is 0 Å². The highest BCUT2D eigenvalue weighted by Gasteiger charge is 2.56. The Bertz CT molecular complexity index is 315. The number of piperidine rings is 1. The molecule has 2 fully saturated rings. The number of hydrogen-bond acceptors (Lipinski definition) is 1. The predicted octanol–water partition coefficient (Wildman–Crippen LogP) is 3.31. The molecule has 0 spiro atoms. The Morgan fingerprint density at radius 2 is 1.76 bits per heavy atom. The molecule has 1 aliphatic carbocycles. The molecule has 1 aliphatic heterocycles. The number of fused-ring (bicyclic) bond motifs is 1. The lowest BCUT2D eigenvalue weighted by Gasteiger charge is -2.39. The molecule has 2 nitrogen and oxygen atoms in total. The number of rotatable bonds is 2. The lowest BCUT2D eigenvalue weighted by atomic mass is 9.83. The second-order valence-corrected chi connectivity index (χ2v) is 7.46. The lowest BCUT2D eigenvalue weighted by molar-refractivity contribution is -0.140. The normalized spacial score (nSPS) is 33.8. The van der Waals surface area contributed by atoms with E-state index in [4.69, 9.17) is 0 Å². The van der Waals surface area contributed by atoms with Gasteiger partial charge in [-0.05, 0) is 30.1 Å². The second-order valence-electron chi connectivity index (χ2n) is 7.46. The van der Waals surface area contributed by atoms with Crippen LogP contribution >= 0.6 is 0 Å². The third kappa shape index (κ3) is 2.23. The van der Waals surface area contributed by atoms with Crippen LogP contribution in [0.3, 0.4) is 0 Å². The SMILES string of the molecule is CC(C)[C@H](C)C(=O)N1[C@H](C(C)(C)C)C[C@@H]2C[C@@H]21. The van der Waals surface area contributed by atoms with Gasteiger partial charge >= 0.3 is 0 Å². The summed E-state index contributed by atoms with van der Waals surface area (Å²) in [5.74, 6) is 1.81. The number of amides is 1. The molecular formula is C15H27NO. The minimum atomic E-state index is 0.166. The fraction of sp³-hybridized carbons (Fsp3) is 0.933. The van der Waals surface area contributed by atoms with E-state index in [0.717, 1.165) is 5.92 Å². The van der Waals surface area contributed by atoms with Gasteiger partial charge in [-0.25, -0.2) is 0 Å². The summed E-state index contributed by atoms with van der Waals surface area (Å²) in [5.41, 5.74) is 0.222. The van der Waals surface area contributed by atoms with Gasteiger partial charge in [0.25, 0.3) is 0 Å². The fourth-order valence-corrected chi connectivity index (χ4v) is 3.07. The highest BCUT2D eigenvalue weighted by Crippen LogP contribution is 2.52. The van der Waals surface area contributed by atoms with Crippen LogP contribution in [-0.2, 0) is 4.79 Å². The van der Waals surface area contributed by atoms with Gasteiger partial charge in [-0.2, -0.15) is 0 Å². The number of carbonyl (C=O) groups is 1. The minimum absolute atomic E-state index is 0.166. The summed E-state index contributed by atoms with van der Waals surface area (Å²) in [6.45, 7) is 13.2. The van der Waals surface area contributed by atoms with Gasteiger partial charge in [0.1, 0.15) is 0 Å². The van der Waals surface area contributed by atoms with Crippen molar-refractivity contribution in [2.24, 2.45) is 23.2 Å². The molecule has 0 bridgehead atoms. The van der Waals surface area contributed by atoms with E-state index in [-0.39, 0.29) is 11.3 Å². The van der Waals surface area contributed by atoms with Gasteiger partial charge < -0.3 is 4.90 Å². The number of likely N-dealkylation sites (tertiary alicyclic amines) is 1. The number of carbonyl (C=O) groups excluding carboxylic acids is 1. The van der Waals surface area contributed by atoms with Gasteiger partial charge in [0.2, 0.25) is 5.91 Å². The van der Waals surface area contributed by atoms with E-state index in [0.29, 0.717) is 23.9 Å². The van der Waals surface area contributed by atoms with Crippen LogP contribution in [0.4, 0.5) is 0 Å². The van der Waals surface area contributed by atoms with Crippen LogP contribution in [0.15, 0.2) is 0 Å². The minimum Gasteiger partial charge on any atom is -0.336 e. The average Bonchev–Trinajstić information content (AvgIpc) is 2.86. The van der Waals surface area contributed by atoms with E-state index >= 15 is 0 Å². The first-order chi connectivity index (χ1) is 7.73. The highest BCUT2D eigenvalue weighted by atomic mass is 16.2. The third-order valence-corrected chi connectivity index (χ3v) is 4.75. The molecule has 0 aromatic carbocycles. The molecule has 0 N–H and O–H groups in total. The quantitative estimate of drug-likeness (QED) is 0.721. The Morgan fingerprint density at radius 3 is 2.24 bits per heavy atom. The van der Waals surface area contributed by atoms with Crippen molar-refractivity contribution in [2.75, 3.05) is 0 Å². The first kappa shape index (κ1) is 12.9. The number of hydrogen-bond donors (Lipinski definition) is 0. The van der Waals surface area contributed by atoms with Crippen molar-refractivity contribution in [3.8, 4) is 0 Å². The first-order valence-corrected chi connectivity index (χ1v) is 7.05. The topological polar surface area (TPSA) is 20.3 Å². The Hall–Kier alpha value is -0.530. The van der Waals surface area contributed by atoms with Gasteiger partial charge in [0.15, 0.2) is 0 Å². The van der Waals surface area contributed by atoms with Gasteiger partial charge in [-0.3, -0.25) is 4.79 Å². The monoisotopic (exact) mass is 237 g/mol. The molecule has 0 unspecified atom stereocenters. The molecule has 0 radical (unpaired) electrons. The van der Waals surface area contributed by atoms with Gasteiger partial charge in [-0.15, -0.1) is 0 Å². The molecule has 1 heterocycles. The van der Waals surface area contributed by atoms with Crippen LogP contribution in [0.5, 0.6) is 0 Å². The molecule has 17 heavy (non-hydrogen) atoms. The second kappa shape index (κ2) is 4.00. The van der Waals surface area contributed by atoms with Crippen molar-refractivity contribution in [3.63, 3.8) is 0 Å². The van der Waals surface area contributed by atoms with Crippen LogP contribution in [0.2, 0.25) is 0 Å². The molecule has 1 saturated carbocycles. The Labute approximate surface area is 106 Å². The molecule has 0 aromatic rings. The van der Waals surface area contributed by atoms with E-state index in [1.54, 1.807) is 0 Å². The van der Waals surface area contributed by atoms with Gasteiger partial charge in [0, 0.05) is 18.0 Å². The summed E-state index contributed by atoms with van der Waals surface area (Å²) in [6.07, 6.45) is 2.48. The Kier molecular flexibility index (Phi) is 3.04. The molecular weight excluding hydrogens is 210 g/mol. The first-order valence-electron chi connectivity index (χ1n) is 7.05. The molecule has 1 saturated heterocycles. The zero-order valence-corrected chi connectivity index (χ0v) is 12.2. The maximum atomic E-state index is 12.6. The Balaban J connectivity index is 2.15. The van der Waals surface area contributed by atoms with Crippen molar-refractivity contribution in [3.05, 3.63) is 0 Å². The summed E-state index contributed by atoms with van der Waals surface area (Å²) in [6, 6.07) is 1.04. The van der Waals surface area contributed by atoms with Crippen molar-refractivity contribution in [2.45, 2.75) is 66.5 Å². The average molecular weight is 237 g/mol. The number of nitrogens with zero attached hydrogens (tertiary/aromatic N) is 1. The fourth-order valence-electron chi connectivity index (χ4n) is 3.07. The van der Waals surface area contributed by atoms with Crippen LogP contribution < -0.4 is 0 Å². The van der Waals surface area contributed by atoms with Crippen LogP contribution in [0.1, 0.15) is 54.4 Å². The molecule has 2 rings (SSSR count). The summed E-state index contributed by atoms with van der Waals surface area (Å²) in [4.78, 5) is 14.9. The molecule has 2 heteroatoms. The van der Waals surface area contributed by atoms with E-state index in [1.165, 1.54) is 12.8 Å². The maximum Gasteiger partial charge on any atom is 0.226 e. The predicted molar refractivity (Wildman–Crippen MR) is 70.6 cm³/mol. The van der Waals surface area contributed by atoms with Gasteiger partial charge in [-0.1, -0.05) is 41.5 Å². The maximum absolute atomic E-state index is 12.6. The largest absolute Gasteiger partial charge is 0.336 e. The summed E-state index contributed by atoms with van der Waals surface area (Å²) >= 11 is 0. The Morgan fingerprint density at radius 1 is 1.18 bits per heavy atom. The van der Waals surface area contributed by atoms with E-state index < -0.39 is 0 Å². The van der Waals surface area contributed by atoms with Crippen LogP contribution in [-0.4, -0.2) is 22.9 Å². The third-order valence-electron chi connectivity index (χ3n) is 4.75.